The predicted octanol–water partition coefficient (Wildman–Crippen LogP) is 4.38. The molecular formula is C45H49N3O12. The van der Waals surface area contributed by atoms with Crippen molar-refractivity contribution in [3.63, 3.8) is 0 Å². The first-order chi connectivity index (χ1) is 29.6. The van der Waals surface area contributed by atoms with Crippen LogP contribution < -0.4 is 0 Å². The van der Waals surface area contributed by atoms with Crippen LogP contribution in [0.15, 0.2) is 128 Å². The van der Waals surface area contributed by atoms with Crippen LogP contribution in [0.25, 0.3) is 0 Å². The first-order valence-corrected chi connectivity index (χ1v) is 20.3. The minimum atomic E-state index is -1.18. The zero-order chi connectivity index (χ0) is 40.7. The molecule has 60 heavy (non-hydrogen) atoms. The minimum absolute atomic E-state index is 0.00232. The molecule has 4 saturated heterocycles. The fourth-order valence-corrected chi connectivity index (χ4v) is 7.82. The summed E-state index contributed by atoms with van der Waals surface area (Å²) in [5, 5.41) is 31.6. The van der Waals surface area contributed by atoms with Crippen LogP contribution in [0.4, 0.5) is 0 Å². The van der Waals surface area contributed by atoms with Gasteiger partial charge in [0.25, 0.3) is 0 Å². The molecule has 4 aliphatic rings. The Balaban J connectivity index is 0.799. The molecule has 4 aromatic carbocycles. The van der Waals surface area contributed by atoms with E-state index in [0.29, 0.717) is 12.2 Å². The molecule has 316 valence electrons. The van der Waals surface area contributed by atoms with Gasteiger partial charge < -0.3 is 57.6 Å². The van der Waals surface area contributed by atoms with Crippen LogP contribution in [0, 0.1) is 0 Å². The number of nitrogens with zero attached hydrogens (tertiary/aromatic N) is 3. The lowest BCUT2D eigenvalue weighted by atomic mass is 9.97. The maximum absolute atomic E-state index is 11.6. The van der Waals surface area contributed by atoms with Crippen LogP contribution in [0.2, 0.25) is 0 Å². The summed E-state index contributed by atoms with van der Waals surface area (Å²) in [5.41, 5.74) is 4.14. The van der Waals surface area contributed by atoms with Crippen LogP contribution in [0.5, 0.6) is 0 Å². The van der Waals surface area contributed by atoms with Crippen LogP contribution in [0.3, 0.4) is 0 Å². The third-order valence-electron chi connectivity index (χ3n) is 10.9. The summed E-state index contributed by atoms with van der Waals surface area (Å²) < 4.78 is 63.7. The highest BCUT2D eigenvalue weighted by Crippen LogP contribution is 2.38. The van der Waals surface area contributed by atoms with Crippen molar-refractivity contribution in [2.75, 3.05) is 19.8 Å². The van der Waals surface area contributed by atoms with Gasteiger partial charge in [-0.3, -0.25) is 0 Å². The van der Waals surface area contributed by atoms with Gasteiger partial charge in [0.15, 0.2) is 25.2 Å². The first kappa shape index (κ1) is 40.9. The SMILES string of the molecule is O[C@@H]1[C@H](OCCn2cc(CO[C@@H]3O[C@@H]4CO[C@@H](c5ccccc5)O[C@H]4[C@H](OCc4ccccc4)[C@@H]3O)nn2)O[C@@H]2CO[C@@H](c3ccccc3)O[C@H]2[C@@H]1OCc1ccccc1. The lowest BCUT2D eigenvalue weighted by Crippen LogP contribution is -2.63. The molecule has 0 saturated carbocycles. The third kappa shape index (κ3) is 9.68. The lowest BCUT2D eigenvalue weighted by Gasteiger charge is -2.47. The van der Waals surface area contributed by atoms with Crippen molar-refractivity contribution >= 4 is 0 Å². The number of hydrogen-bond acceptors (Lipinski definition) is 14. The number of aromatic nitrogens is 3. The van der Waals surface area contributed by atoms with Gasteiger partial charge in [0.1, 0.15) is 54.5 Å². The molecule has 12 atom stereocenters. The number of ether oxygens (including phenoxy) is 10. The minimum Gasteiger partial charge on any atom is -0.385 e. The molecule has 9 rings (SSSR count). The molecule has 0 aliphatic carbocycles. The highest BCUT2D eigenvalue weighted by Gasteiger charge is 2.52. The Morgan fingerprint density at radius 3 is 1.52 bits per heavy atom. The second-order valence-electron chi connectivity index (χ2n) is 15.1. The molecule has 15 heteroatoms. The summed E-state index contributed by atoms with van der Waals surface area (Å²) in [4.78, 5) is 0. The summed E-state index contributed by atoms with van der Waals surface area (Å²) in [6.07, 6.45) is -7.80. The van der Waals surface area contributed by atoms with Crippen molar-refractivity contribution in [1.82, 2.24) is 15.0 Å². The molecule has 0 amide bonds. The Labute approximate surface area is 347 Å². The average molecular weight is 824 g/mol. The van der Waals surface area contributed by atoms with Crippen molar-refractivity contribution in [3.05, 3.63) is 155 Å². The molecule has 0 unspecified atom stereocenters. The van der Waals surface area contributed by atoms with Gasteiger partial charge in [-0.2, -0.15) is 0 Å². The van der Waals surface area contributed by atoms with E-state index in [0.717, 1.165) is 22.3 Å². The Hall–Kier alpha value is -4.46. The van der Waals surface area contributed by atoms with Crippen molar-refractivity contribution in [3.8, 4) is 0 Å². The molecule has 0 bridgehead atoms. The van der Waals surface area contributed by atoms with E-state index in [9.17, 15) is 10.2 Å². The highest BCUT2D eigenvalue weighted by molar-refractivity contribution is 5.19. The Bertz CT molecular complexity index is 2050. The van der Waals surface area contributed by atoms with Gasteiger partial charge in [0, 0.05) is 11.1 Å². The summed E-state index contributed by atoms with van der Waals surface area (Å²) in [5.74, 6) is 0. The van der Waals surface area contributed by atoms with Gasteiger partial charge in [-0.05, 0) is 11.1 Å². The molecule has 1 aromatic heterocycles. The van der Waals surface area contributed by atoms with Gasteiger partial charge in [-0.25, -0.2) is 4.68 Å². The van der Waals surface area contributed by atoms with E-state index in [-0.39, 0.29) is 39.6 Å². The zero-order valence-corrected chi connectivity index (χ0v) is 32.8. The number of benzene rings is 4. The molecule has 2 N–H and O–H groups in total. The van der Waals surface area contributed by atoms with E-state index < -0.39 is 74.0 Å². The lowest BCUT2D eigenvalue weighted by molar-refractivity contribution is -0.368. The molecule has 5 heterocycles. The van der Waals surface area contributed by atoms with Gasteiger partial charge in [-0.1, -0.05) is 127 Å². The van der Waals surface area contributed by atoms with Crippen LogP contribution in [0.1, 0.15) is 40.5 Å². The summed E-state index contributed by atoms with van der Waals surface area (Å²) in [6, 6.07) is 38.7. The van der Waals surface area contributed by atoms with Gasteiger partial charge in [0.2, 0.25) is 0 Å². The Morgan fingerprint density at radius 2 is 1.02 bits per heavy atom. The summed E-state index contributed by atoms with van der Waals surface area (Å²) >= 11 is 0. The van der Waals surface area contributed by atoms with E-state index in [1.807, 2.05) is 121 Å². The predicted molar refractivity (Wildman–Crippen MR) is 210 cm³/mol. The molecule has 4 fully saturated rings. The fraction of sp³-hybridized carbons (Fsp3) is 0.422. The average Bonchev–Trinajstić information content (AvgIpc) is 3.76. The molecule has 5 aromatic rings. The molecule has 15 nitrogen and oxygen atoms in total. The smallest absolute Gasteiger partial charge is 0.187 e. The number of rotatable bonds is 15. The third-order valence-corrected chi connectivity index (χ3v) is 10.9. The van der Waals surface area contributed by atoms with Crippen molar-refractivity contribution < 1.29 is 57.6 Å². The zero-order valence-electron chi connectivity index (χ0n) is 32.8. The van der Waals surface area contributed by atoms with Crippen LogP contribution in [-0.2, 0) is 73.7 Å². The van der Waals surface area contributed by atoms with E-state index in [4.69, 9.17) is 47.4 Å². The number of fused-ring (bicyclic) bond motifs is 2. The van der Waals surface area contributed by atoms with Crippen LogP contribution in [-0.4, -0.2) is 106 Å². The van der Waals surface area contributed by atoms with E-state index in [1.165, 1.54) is 0 Å². The second kappa shape index (κ2) is 19.5. The largest absolute Gasteiger partial charge is 0.385 e. The monoisotopic (exact) mass is 823 g/mol. The van der Waals surface area contributed by atoms with Crippen molar-refractivity contribution in [2.45, 2.75) is 100 Å². The normalized spacial score (nSPS) is 31.6. The number of aliphatic hydroxyl groups excluding tert-OH is 2. The summed E-state index contributed by atoms with van der Waals surface area (Å²) in [7, 11) is 0. The Morgan fingerprint density at radius 1 is 0.550 bits per heavy atom. The van der Waals surface area contributed by atoms with Crippen molar-refractivity contribution in [1.29, 1.82) is 0 Å². The standard InChI is InChI=1S/C45H49N3O12/c49-36-40(52-24-29-13-5-1-6-14-29)38-34(27-55-42(59-38)31-17-9-3-10-18-31)57-44(36)51-22-21-48-23-33(46-47-48)26-54-45-37(50)41(53-25-30-15-7-2-8-16-30)39-35(58-45)28-56-43(60-39)32-19-11-4-12-20-32/h1-20,23,34-45,49-50H,21-22,24-28H2/t34-,35-,36+,37+,38-,39-,40-,41-,42-,43-,44-,45-/m1/s1. The van der Waals surface area contributed by atoms with Gasteiger partial charge >= 0.3 is 0 Å². The van der Waals surface area contributed by atoms with Crippen LogP contribution >= 0.6 is 0 Å². The second-order valence-corrected chi connectivity index (χ2v) is 15.1. The quantitative estimate of drug-likeness (QED) is 0.153. The maximum atomic E-state index is 11.6. The first-order valence-electron chi connectivity index (χ1n) is 20.3. The van der Waals surface area contributed by atoms with Gasteiger partial charge in [-0.15, -0.1) is 5.10 Å². The summed E-state index contributed by atoms with van der Waals surface area (Å²) in [6.45, 7) is 1.40. The van der Waals surface area contributed by atoms with Gasteiger partial charge in [0.05, 0.1) is 52.4 Å². The molecule has 0 spiro atoms. The van der Waals surface area contributed by atoms with Crippen molar-refractivity contribution in [2.24, 2.45) is 0 Å². The fourth-order valence-electron chi connectivity index (χ4n) is 7.82. The molecule has 0 radical (unpaired) electrons. The van der Waals surface area contributed by atoms with E-state index in [2.05, 4.69) is 10.3 Å². The molecular weight excluding hydrogens is 775 g/mol. The Kier molecular flexibility index (Phi) is 13.3. The van der Waals surface area contributed by atoms with E-state index >= 15 is 0 Å². The topological polar surface area (TPSA) is 163 Å². The number of hydrogen-bond donors (Lipinski definition) is 2. The number of aliphatic hydroxyl groups is 2. The van der Waals surface area contributed by atoms with E-state index in [1.54, 1.807) is 10.9 Å². The highest BCUT2D eigenvalue weighted by atomic mass is 16.8. The molecule has 4 aliphatic heterocycles. The maximum Gasteiger partial charge on any atom is 0.187 e.